The Kier molecular flexibility index (Phi) is 3.86. The van der Waals surface area contributed by atoms with Gasteiger partial charge in [-0.05, 0) is 63.9 Å². The summed E-state index contributed by atoms with van der Waals surface area (Å²) in [7, 11) is 0. The van der Waals surface area contributed by atoms with Gasteiger partial charge in [0.05, 0.1) is 11.1 Å². The lowest BCUT2D eigenvalue weighted by Crippen LogP contribution is -2.06. The van der Waals surface area contributed by atoms with E-state index in [-0.39, 0.29) is 0 Å². The molecule has 1 heterocycles. The minimum absolute atomic E-state index is 0.332. The van der Waals surface area contributed by atoms with Crippen LogP contribution in [0.3, 0.4) is 0 Å². The molecule has 0 fully saturated rings. The maximum Gasteiger partial charge on any atom is 0.335 e. The number of hydrogen-bond donors (Lipinski definition) is 2. The predicted octanol–water partition coefficient (Wildman–Crippen LogP) is 3.04. The average Bonchev–Trinajstić information content (AvgIpc) is 2.64. The molecule has 0 aliphatic rings. The van der Waals surface area contributed by atoms with E-state index in [9.17, 15) is 9.90 Å². The van der Waals surface area contributed by atoms with Gasteiger partial charge < -0.3 is 15.4 Å². The molecule has 0 bridgehead atoms. The van der Waals surface area contributed by atoms with Crippen LogP contribution >= 0.6 is 0 Å². The number of carboxylic acids is 1. The molecule has 0 aliphatic heterocycles. The Labute approximate surface area is 119 Å². The lowest BCUT2D eigenvalue weighted by molar-refractivity contribution is 0.0697. The predicted molar refractivity (Wildman–Crippen MR) is 81.5 cm³/mol. The number of fused-ring (bicyclic) bond motifs is 1. The zero-order valence-corrected chi connectivity index (χ0v) is 12.5. The highest BCUT2D eigenvalue weighted by Gasteiger charge is 2.19. The fourth-order valence-electron chi connectivity index (χ4n) is 3.07. The SMILES string of the molecule is Cc1cc(C(=O)O)cc2c(CCN)c(C)n(C(C)C)c12. The summed E-state index contributed by atoms with van der Waals surface area (Å²) < 4.78 is 2.28. The number of rotatable bonds is 4. The maximum absolute atomic E-state index is 11.3. The molecule has 0 amide bonds. The Morgan fingerprint density at radius 3 is 2.50 bits per heavy atom. The van der Waals surface area contributed by atoms with Crippen LogP contribution in [0.1, 0.15) is 47.1 Å². The van der Waals surface area contributed by atoms with Gasteiger partial charge >= 0.3 is 5.97 Å². The van der Waals surface area contributed by atoms with Crippen LogP contribution in [0.5, 0.6) is 0 Å². The summed E-state index contributed by atoms with van der Waals surface area (Å²) in [6.07, 6.45) is 0.768. The molecule has 2 aromatic rings. The topological polar surface area (TPSA) is 68.2 Å². The van der Waals surface area contributed by atoms with Crippen LogP contribution in [0.2, 0.25) is 0 Å². The number of carbonyl (C=O) groups is 1. The number of nitrogens with two attached hydrogens (primary N) is 1. The van der Waals surface area contributed by atoms with Gasteiger partial charge in [-0.15, -0.1) is 0 Å². The lowest BCUT2D eigenvalue weighted by Gasteiger charge is -2.14. The molecule has 4 nitrogen and oxygen atoms in total. The lowest BCUT2D eigenvalue weighted by atomic mass is 10.0. The van der Waals surface area contributed by atoms with Gasteiger partial charge in [-0.3, -0.25) is 0 Å². The molecule has 4 heteroatoms. The first kappa shape index (κ1) is 14.6. The van der Waals surface area contributed by atoms with Gasteiger partial charge in [0, 0.05) is 17.1 Å². The van der Waals surface area contributed by atoms with Crippen molar-refractivity contribution >= 4 is 16.9 Å². The number of aromatic carboxylic acids is 1. The molecule has 0 saturated carbocycles. The highest BCUT2D eigenvalue weighted by Crippen LogP contribution is 2.32. The number of nitrogens with zero attached hydrogens (tertiary/aromatic N) is 1. The molecule has 3 N–H and O–H groups in total. The zero-order valence-electron chi connectivity index (χ0n) is 12.5. The van der Waals surface area contributed by atoms with Crippen molar-refractivity contribution in [2.75, 3.05) is 6.54 Å². The van der Waals surface area contributed by atoms with E-state index in [1.165, 1.54) is 11.3 Å². The smallest absolute Gasteiger partial charge is 0.335 e. The number of aromatic nitrogens is 1. The third kappa shape index (κ3) is 2.20. The molecule has 108 valence electrons. The first-order valence-corrected chi connectivity index (χ1v) is 6.95. The molecule has 0 aliphatic carbocycles. The van der Waals surface area contributed by atoms with Crippen LogP contribution in [0.15, 0.2) is 12.1 Å². The van der Waals surface area contributed by atoms with Crippen LogP contribution in [0.4, 0.5) is 0 Å². The summed E-state index contributed by atoms with van der Waals surface area (Å²) in [4.78, 5) is 11.3. The second-order valence-electron chi connectivity index (χ2n) is 5.56. The molecule has 0 unspecified atom stereocenters. The first-order chi connectivity index (χ1) is 9.38. The van der Waals surface area contributed by atoms with Gasteiger partial charge in [-0.2, -0.15) is 0 Å². The third-order valence-corrected chi connectivity index (χ3v) is 3.82. The van der Waals surface area contributed by atoms with E-state index in [0.717, 1.165) is 22.9 Å². The van der Waals surface area contributed by atoms with Crippen LogP contribution in [-0.2, 0) is 6.42 Å². The molecule has 1 aromatic heterocycles. The van der Waals surface area contributed by atoms with E-state index in [1.807, 2.05) is 6.92 Å². The van der Waals surface area contributed by atoms with Crippen molar-refractivity contribution in [2.24, 2.45) is 5.73 Å². The standard InChI is InChI=1S/C16H22N2O2/c1-9(2)18-11(4)13(5-6-17)14-8-12(16(19)20)7-10(3)15(14)18/h7-9H,5-6,17H2,1-4H3,(H,19,20). The summed E-state index contributed by atoms with van der Waals surface area (Å²) >= 11 is 0. The zero-order chi connectivity index (χ0) is 15.0. The van der Waals surface area contributed by atoms with Crippen molar-refractivity contribution in [3.8, 4) is 0 Å². The highest BCUT2D eigenvalue weighted by atomic mass is 16.4. The minimum Gasteiger partial charge on any atom is -0.478 e. The molecular weight excluding hydrogens is 252 g/mol. The van der Waals surface area contributed by atoms with Gasteiger partial charge in [0.15, 0.2) is 0 Å². The van der Waals surface area contributed by atoms with Crippen molar-refractivity contribution in [2.45, 2.75) is 40.2 Å². The van der Waals surface area contributed by atoms with Gasteiger partial charge in [0.1, 0.15) is 0 Å². The highest BCUT2D eigenvalue weighted by molar-refractivity contribution is 5.97. The number of hydrogen-bond acceptors (Lipinski definition) is 2. The number of aryl methyl sites for hydroxylation is 1. The number of benzene rings is 1. The fraction of sp³-hybridized carbons (Fsp3) is 0.438. The monoisotopic (exact) mass is 274 g/mol. The van der Waals surface area contributed by atoms with Crippen LogP contribution in [0.25, 0.3) is 10.9 Å². The Morgan fingerprint density at radius 2 is 2.00 bits per heavy atom. The molecule has 1 aromatic carbocycles. The molecule has 20 heavy (non-hydrogen) atoms. The van der Waals surface area contributed by atoms with E-state index in [1.54, 1.807) is 12.1 Å². The summed E-state index contributed by atoms with van der Waals surface area (Å²) in [6, 6.07) is 3.86. The molecule has 0 spiro atoms. The summed E-state index contributed by atoms with van der Waals surface area (Å²) in [5.74, 6) is -0.886. The summed E-state index contributed by atoms with van der Waals surface area (Å²) in [6.45, 7) is 8.91. The van der Waals surface area contributed by atoms with Crippen LogP contribution in [0, 0.1) is 13.8 Å². The Hall–Kier alpha value is -1.81. The van der Waals surface area contributed by atoms with Crippen LogP contribution < -0.4 is 5.73 Å². The Bertz CT molecular complexity index is 669. The van der Waals surface area contributed by atoms with Crippen LogP contribution in [-0.4, -0.2) is 22.2 Å². The van der Waals surface area contributed by atoms with E-state index in [2.05, 4.69) is 25.3 Å². The molecule has 2 rings (SSSR count). The normalized spacial score (nSPS) is 11.5. The Morgan fingerprint density at radius 1 is 1.35 bits per heavy atom. The fourth-order valence-corrected chi connectivity index (χ4v) is 3.07. The van der Waals surface area contributed by atoms with Gasteiger partial charge in [0.25, 0.3) is 0 Å². The van der Waals surface area contributed by atoms with Crippen molar-refractivity contribution in [1.82, 2.24) is 4.57 Å². The quantitative estimate of drug-likeness (QED) is 0.900. The largest absolute Gasteiger partial charge is 0.478 e. The van der Waals surface area contributed by atoms with E-state index < -0.39 is 5.97 Å². The second-order valence-corrected chi connectivity index (χ2v) is 5.56. The second kappa shape index (κ2) is 5.29. The summed E-state index contributed by atoms with van der Waals surface area (Å²) in [5, 5.41) is 10.3. The molecular formula is C16H22N2O2. The first-order valence-electron chi connectivity index (χ1n) is 6.95. The third-order valence-electron chi connectivity index (χ3n) is 3.82. The average molecular weight is 274 g/mol. The Balaban J connectivity index is 2.89. The van der Waals surface area contributed by atoms with Gasteiger partial charge in [0.2, 0.25) is 0 Å². The van der Waals surface area contributed by atoms with Crippen molar-refractivity contribution in [3.05, 3.63) is 34.5 Å². The molecule has 0 atom stereocenters. The molecule has 0 saturated heterocycles. The van der Waals surface area contributed by atoms with E-state index in [4.69, 9.17) is 5.73 Å². The van der Waals surface area contributed by atoms with Crippen molar-refractivity contribution < 1.29 is 9.90 Å². The van der Waals surface area contributed by atoms with Gasteiger partial charge in [-0.1, -0.05) is 0 Å². The summed E-state index contributed by atoms with van der Waals surface area (Å²) in [5.41, 5.74) is 10.5. The van der Waals surface area contributed by atoms with Crippen molar-refractivity contribution in [1.29, 1.82) is 0 Å². The molecule has 0 radical (unpaired) electrons. The maximum atomic E-state index is 11.3. The minimum atomic E-state index is -0.886. The van der Waals surface area contributed by atoms with Gasteiger partial charge in [-0.25, -0.2) is 4.79 Å². The van der Waals surface area contributed by atoms with Crippen molar-refractivity contribution in [3.63, 3.8) is 0 Å². The van der Waals surface area contributed by atoms with E-state index >= 15 is 0 Å². The van der Waals surface area contributed by atoms with E-state index in [0.29, 0.717) is 18.2 Å². The number of carboxylic acid groups (broad SMARTS) is 1.